The summed E-state index contributed by atoms with van der Waals surface area (Å²) in [7, 11) is -0.548. The summed E-state index contributed by atoms with van der Waals surface area (Å²) < 4.78 is 38.6. The molecule has 0 amide bonds. The highest BCUT2D eigenvalue weighted by atomic mass is 35.5. The zero-order valence-electron chi connectivity index (χ0n) is 14.1. The Morgan fingerprint density at radius 1 is 1.12 bits per heavy atom. The summed E-state index contributed by atoms with van der Waals surface area (Å²) in [6, 6.07) is 11.6. The summed E-state index contributed by atoms with van der Waals surface area (Å²) in [5.74, 6) is 1.31. The molecular formula is C18H20ClNO4S. The smallest absolute Gasteiger partial charge is 0.245 e. The first-order valence-corrected chi connectivity index (χ1v) is 9.79. The molecule has 5 nitrogen and oxygen atoms in total. The predicted octanol–water partition coefficient (Wildman–Crippen LogP) is 3.88. The molecule has 1 heterocycles. The van der Waals surface area contributed by atoms with E-state index in [0.717, 1.165) is 12.0 Å². The van der Waals surface area contributed by atoms with Crippen LogP contribution in [0.3, 0.4) is 0 Å². The number of halogens is 1. The number of hydrogen-bond acceptors (Lipinski definition) is 4. The van der Waals surface area contributed by atoms with Gasteiger partial charge in [0, 0.05) is 12.1 Å². The number of benzene rings is 2. The van der Waals surface area contributed by atoms with Crippen molar-refractivity contribution in [2.45, 2.75) is 23.8 Å². The van der Waals surface area contributed by atoms with Crippen molar-refractivity contribution in [1.82, 2.24) is 4.31 Å². The number of rotatable bonds is 5. The van der Waals surface area contributed by atoms with E-state index in [1.807, 2.05) is 6.07 Å². The van der Waals surface area contributed by atoms with Crippen molar-refractivity contribution >= 4 is 21.6 Å². The van der Waals surface area contributed by atoms with Crippen LogP contribution >= 0.6 is 11.6 Å². The number of hydrogen-bond donors (Lipinski definition) is 0. The molecule has 25 heavy (non-hydrogen) atoms. The Morgan fingerprint density at radius 3 is 2.56 bits per heavy atom. The first-order valence-electron chi connectivity index (χ1n) is 7.97. The summed E-state index contributed by atoms with van der Waals surface area (Å²) >= 11 is 6.14. The summed E-state index contributed by atoms with van der Waals surface area (Å²) in [6.07, 6.45) is 1.49. The molecule has 1 saturated heterocycles. The average molecular weight is 382 g/mol. The molecule has 0 aliphatic carbocycles. The fourth-order valence-corrected chi connectivity index (χ4v) is 5.39. The average Bonchev–Trinajstić information content (AvgIpc) is 3.11. The molecular weight excluding hydrogens is 362 g/mol. The zero-order chi connectivity index (χ0) is 18.0. The van der Waals surface area contributed by atoms with Gasteiger partial charge in [-0.25, -0.2) is 8.42 Å². The van der Waals surface area contributed by atoms with Gasteiger partial charge in [-0.05, 0) is 43.2 Å². The van der Waals surface area contributed by atoms with Crippen molar-refractivity contribution in [3.63, 3.8) is 0 Å². The molecule has 7 heteroatoms. The monoisotopic (exact) mass is 381 g/mol. The van der Waals surface area contributed by atoms with Crippen LogP contribution in [-0.2, 0) is 10.0 Å². The molecule has 0 N–H and O–H groups in total. The molecule has 2 aromatic carbocycles. The van der Waals surface area contributed by atoms with Crippen LogP contribution in [0.2, 0.25) is 5.02 Å². The second-order valence-electron chi connectivity index (χ2n) is 5.81. The third-order valence-electron chi connectivity index (χ3n) is 4.42. The Morgan fingerprint density at radius 2 is 1.88 bits per heavy atom. The van der Waals surface area contributed by atoms with Gasteiger partial charge >= 0.3 is 0 Å². The van der Waals surface area contributed by atoms with Crippen LogP contribution < -0.4 is 9.47 Å². The van der Waals surface area contributed by atoms with Gasteiger partial charge in [-0.15, -0.1) is 0 Å². The number of methoxy groups -OCH3 is 2. The van der Waals surface area contributed by atoms with E-state index >= 15 is 0 Å². The van der Waals surface area contributed by atoms with Crippen molar-refractivity contribution in [2.75, 3.05) is 20.8 Å². The van der Waals surface area contributed by atoms with Gasteiger partial charge in [0.2, 0.25) is 10.0 Å². The fourth-order valence-electron chi connectivity index (χ4n) is 3.22. The molecule has 1 aliphatic heterocycles. The van der Waals surface area contributed by atoms with E-state index in [4.69, 9.17) is 21.1 Å². The van der Waals surface area contributed by atoms with Crippen LogP contribution in [0.25, 0.3) is 0 Å². The summed E-state index contributed by atoms with van der Waals surface area (Å²) in [5, 5.41) is 0.228. The highest BCUT2D eigenvalue weighted by Crippen LogP contribution is 2.42. The van der Waals surface area contributed by atoms with Crippen LogP contribution in [0.5, 0.6) is 11.5 Å². The van der Waals surface area contributed by atoms with Crippen molar-refractivity contribution in [1.29, 1.82) is 0 Å². The van der Waals surface area contributed by atoms with Gasteiger partial charge in [-0.2, -0.15) is 4.31 Å². The highest BCUT2D eigenvalue weighted by Gasteiger charge is 2.38. The van der Waals surface area contributed by atoms with E-state index in [2.05, 4.69) is 0 Å². The largest absolute Gasteiger partial charge is 0.497 e. The van der Waals surface area contributed by atoms with Gasteiger partial charge in [-0.1, -0.05) is 23.7 Å². The maximum absolute atomic E-state index is 13.2. The minimum absolute atomic E-state index is 0.130. The molecule has 1 atom stereocenters. The van der Waals surface area contributed by atoms with Crippen LogP contribution in [0.4, 0.5) is 0 Å². The molecule has 3 rings (SSSR count). The van der Waals surface area contributed by atoms with Gasteiger partial charge in [0.25, 0.3) is 0 Å². The predicted molar refractivity (Wildman–Crippen MR) is 96.9 cm³/mol. The first-order chi connectivity index (χ1) is 12.0. The summed E-state index contributed by atoms with van der Waals surface area (Å²) in [5.41, 5.74) is 0.801. The molecule has 1 aliphatic rings. The Kier molecular flexibility index (Phi) is 5.22. The number of nitrogens with zero attached hydrogens (tertiary/aromatic N) is 1. The van der Waals surface area contributed by atoms with Crippen LogP contribution in [-0.4, -0.2) is 33.5 Å². The number of ether oxygens (including phenoxy) is 2. The van der Waals surface area contributed by atoms with Crippen molar-refractivity contribution < 1.29 is 17.9 Å². The summed E-state index contributed by atoms with van der Waals surface area (Å²) in [6.45, 7) is 0.443. The van der Waals surface area contributed by atoms with E-state index in [1.54, 1.807) is 44.6 Å². The Balaban J connectivity index is 2.06. The van der Waals surface area contributed by atoms with Gasteiger partial charge in [0.1, 0.15) is 16.4 Å². The summed E-state index contributed by atoms with van der Waals surface area (Å²) in [4.78, 5) is 0.130. The third kappa shape index (κ3) is 3.34. The lowest BCUT2D eigenvalue weighted by Crippen LogP contribution is -2.31. The number of sulfonamides is 1. The molecule has 0 spiro atoms. The molecule has 0 radical (unpaired) electrons. The van der Waals surface area contributed by atoms with E-state index < -0.39 is 10.0 Å². The van der Waals surface area contributed by atoms with Gasteiger partial charge in [0.15, 0.2) is 0 Å². The van der Waals surface area contributed by atoms with Crippen molar-refractivity contribution in [2.24, 2.45) is 0 Å². The van der Waals surface area contributed by atoms with Gasteiger partial charge < -0.3 is 9.47 Å². The molecule has 1 fully saturated rings. The van der Waals surface area contributed by atoms with Gasteiger partial charge in [0.05, 0.1) is 25.3 Å². The van der Waals surface area contributed by atoms with E-state index in [9.17, 15) is 8.42 Å². The maximum Gasteiger partial charge on any atom is 0.245 e. The lowest BCUT2D eigenvalue weighted by Gasteiger charge is -2.26. The van der Waals surface area contributed by atoms with Crippen LogP contribution in [0, 0.1) is 0 Å². The lowest BCUT2D eigenvalue weighted by atomic mass is 10.0. The quantitative estimate of drug-likeness (QED) is 0.788. The SMILES string of the molecule is COc1ccc(OC)c([C@@H]2CCCN2S(=O)(=O)c2ccccc2Cl)c1. The molecule has 0 unspecified atom stereocenters. The van der Waals surface area contributed by atoms with Crippen LogP contribution in [0.15, 0.2) is 47.4 Å². The zero-order valence-corrected chi connectivity index (χ0v) is 15.7. The highest BCUT2D eigenvalue weighted by molar-refractivity contribution is 7.89. The van der Waals surface area contributed by atoms with E-state index in [1.165, 1.54) is 10.4 Å². The molecule has 2 aromatic rings. The van der Waals surface area contributed by atoms with Crippen molar-refractivity contribution in [3.05, 3.63) is 53.1 Å². The minimum atomic E-state index is -3.71. The van der Waals surface area contributed by atoms with Gasteiger partial charge in [-0.3, -0.25) is 0 Å². The fraction of sp³-hybridized carbons (Fsp3) is 0.333. The van der Waals surface area contributed by atoms with E-state index in [-0.39, 0.29) is 16.0 Å². The Bertz CT molecular complexity index is 869. The molecule has 0 aromatic heterocycles. The molecule has 0 saturated carbocycles. The standard InChI is InChI=1S/C18H20ClNO4S/c1-23-13-9-10-17(24-2)14(12-13)16-7-5-11-20(16)25(21,22)18-8-4-3-6-15(18)19/h3-4,6,8-10,12,16H,5,7,11H2,1-2H3/t16-/m0/s1. The minimum Gasteiger partial charge on any atom is -0.497 e. The molecule has 134 valence electrons. The maximum atomic E-state index is 13.2. The second kappa shape index (κ2) is 7.23. The third-order valence-corrected chi connectivity index (χ3v) is 6.83. The van der Waals surface area contributed by atoms with Crippen LogP contribution in [0.1, 0.15) is 24.4 Å². The van der Waals surface area contributed by atoms with E-state index in [0.29, 0.717) is 24.5 Å². The lowest BCUT2D eigenvalue weighted by molar-refractivity contribution is 0.361. The Hall–Kier alpha value is -1.76. The first kappa shape index (κ1) is 18.0. The topological polar surface area (TPSA) is 55.8 Å². The normalized spacial score (nSPS) is 18.3. The van der Waals surface area contributed by atoms with Crippen molar-refractivity contribution in [3.8, 4) is 11.5 Å². The molecule has 0 bridgehead atoms. The second-order valence-corrected chi connectivity index (χ2v) is 8.08. The Labute approximate surface area is 153 Å².